The first-order valence-corrected chi connectivity index (χ1v) is 6.06. The Labute approximate surface area is 92.6 Å². The highest BCUT2D eigenvalue weighted by Crippen LogP contribution is 2.21. The van der Waals surface area contributed by atoms with Crippen LogP contribution in [0.4, 0.5) is 0 Å². The summed E-state index contributed by atoms with van der Waals surface area (Å²) in [5.74, 6) is 0. The number of hydrogen-bond acceptors (Lipinski definition) is 2. The van der Waals surface area contributed by atoms with Crippen LogP contribution in [-0.2, 0) is 4.74 Å². The number of ether oxygens (including phenoxy) is 1. The van der Waals surface area contributed by atoms with E-state index in [-0.39, 0.29) is 0 Å². The molecule has 0 unspecified atom stereocenters. The minimum atomic E-state index is 0.906. The maximum atomic E-state index is 5.35. The summed E-state index contributed by atoms with van der Waals surface area (Å²) in [6.07, 6.45) is 8.39. The average molecular weight is 207 g/mol. The van der Waals surface area contributed by atoms with Crippen LogP contribution in [0.1, 0.15) is 26.2 Å². The van der Waals surface area contributed by atoms with Crippen LogP contribution in [0.5, 0.6) is 0 Å². The summed E-state index contributed by atoms with van der Waals surface area (Å²) in [4.78, 5) is 2.50. The lowest BCUT2D eigenvalue weighted by atomic mass is 9.96. The largest absolute Gasteiger partial charge is 0.379 e. The molecule has 0 saturated carbocycles. The van der Waals surface area contributed by atoms with Crippen LogP contribution in [0.15, 0.2) is 23.3 Å². The van der Waals surface area contributed by atoms with Crippen molar-refractivity contribution in [1.29, 1.82) is 0 Å². The van der Waals surface area contributed by atoms with Gasteiger partial charge in [-0.3, -0.25) is 4.90 Å². The highest BCUT2D eigenvalue weighted by atomic mass is 16.5. The van der Waals surface area contributed by atoms with Crippen molar-refractivity contribution in [3.05, 3.63) is 23.3 Å². The zero-order valence-corrected chi connectivity index (χ0v) is 9.67. The standard InChI is InChI=1S/C13H21NO/c1-2-12-3-5-13(6-4-12)11-14-7-9-15-10-8-14/h3,5H,2,4,6-11H2,1H3. The molecule has 84 valence electrons. The maximum Gasteiger partial charge on any atom is 0.0594 e. The molecule has 0 aromatic rings. The molecule has 0 amide bonds. The maximum absolute atomic E-state index is 5.35. The molecule has 2 nitrogen and oxygen atoms in total. The van der Waals surface area contributed by atoms with Gasteiger partial charge in [-0.25, -0.2) is 0 Å². The van der Waals surface area contributed by atoms with Crippen molar-refractivity contribution in [2.24, 2.45) is 0 Å². The van der Waals surface area contributed by atoms with Crippen LogP contribution in [0.25, 0.3) is 0 Å². The number of nitrogens with zero attached hydrogens (tertiary/aromatic N) is 1. The predicted octanol–water partition coefficient (Wildman–Crippen LogP) is 2.38. The van der Waals surface area contributed by atoms with E-state index in [1.165, 1.54) is 19.3 Å². The molecule has 1 aliphatic carbocycles. The van der Waals surface area contributed by atoms with E-state index in [1.807, 2.05) is 0 Å². The van der Waals surface area contributed by atoms with Crippen LogP contribution in [0.3, 0.4) is 0 Å². The molecule has 0 aromatic carbocycles. The number of rotatable bonds is 3. The van der Waals surface area contributed by atoms with Crippen molar-refractivity contribution in [3.8, 4) is 0 Å². The second-order valence-electron chi connectivity index (χ2n) is 4.39. The fourth-order valence-electron chi connectivity index (χ4n) is 2.20. The first-order chi connectivity index (χ1) is 7.38. The second-order valence-corrected chi connectivity index (χ2v) is 4.39. The monoisotopic (exact) mass is 207 g/mol. The molecule has 0 bridgehead atoms. The lowest BCUT2D eigenvalue weighted by Crippen LogP contribution is -2.37. The van der Waals surface area contributed by atoms with E-state index in [2.05, 4.69) is 24.0 Å². The molecule has 0 N–H and O–H groups in total. The molecule has 0 spiro atoms. The van der Waals surface area contributed by atoms with Crippen molar-refractivity contribution in [2.75, 3.05) is 32.8 Å². The molecular formula is C13H21NO. The Balaban J connectivity index is 1.84. The Kier molecular flexibility index (Phi) is 3.98. The van der Waals surface area contributed by atoms with Gasteiger partial charge in [0.05, 0.1) is 13.2 Å². The molecule has 2 heteroatoms. The van der Waals surface area contributed by atoms with E-state index in [0.29, 0.717) is 0 Å². The number of morpholine rings is 1. The van der Waals surface area contributed by atoms with Crippen molar-refractivity contribution < 1.29 is 4.74 Å². The molecule has 2 aliphatic rings. The van der Waals surface area contributed by atoms with Crippen LogP contribution < -0.4 is 0 Å². The Hall–Kier alpha value is -0.600. The summed E-state index contributed by atoms with van der Waals surface area (Å²) in [6, 6.07) is 0. The third-order valence-electron chi connectivity index (χ3n) is 3.31. The Bertz CT molecular complexity index is 262. The van der Waals surface area contributed by atoms with Gasteiger partial charge in [0.1, 0.15) is 0 Å². The summed E-state index contributed by atoms with van der Waals surface area (Å²) in [5, 5.41) is 0. The van der Waals surface area contributed by atoms with E-state index < -0.39 is 0 Å². The summed E-state index contributed by atoms with van der Waals surface area (Å²) >= 11 is 0. The first-order valence-electron chi connectivity index (χ1n) is 6.06. The van der Waals surface area contributed by atoms with E-state index in [9.17, 15) is 0 Å². The van der Waals surface area contributed by atoms with Gasteiger partial charge in [0, 0.05) is 19.6 Å². The molecule has 1 saturated heterocycles. The van der Waals surface area contributed by atoms with E-state index >= 15 is 0 Å². The van der Waals surface area contributed by atoms with E-state index in [0.717, 1.165) is 32.8 Å². The van der Waals surface area contributed by atoms with E-state index in [1.54, 1.807) is 11.1 Å². The molecule has 15 heavy (non-hydrogen) atoms. The zero-order chi connectivity index (χ0) is 10.5. The molecule has 1 fully saturated rings. The summed E-state index contributed by atoms with van der Waals surface area (Å²) in [6.45, 7) is 7.40. The van der Waals surface area contributed by atoms with Crippen molar-refractivity contribution >= 4 is 0 Å². The SMILES string of the molecule is CCC1=CC=C(CN2CCOCC2)CC1. The Morgan fingerprint density at radius 1 is 1.13 bits per heavy atom. The molecule has 0 aromatic heterocycles. The smallest absolute Gasteiger partial charge is 0.0594 e. The van der Waals surface area contributed by atoms with E-state index in [4.69, 9.17) is 4.74 Å². The minimum absolute atomic E-state index is 0.906. The van der Waals surface area contributed by atoms with Gasteiger partial charge < -0.3 is 4.74 Å². The fourth-order valence-corrected chi connectivity index (χ4v) is 2.20. The lowest BCUT2D eigenvalue weighted by Gasteiger charge is -2.28. The Morgan fingerprint density at radius 2 is 1.80 bits per heavy atom. The molecular weight excluding hydrogens is 186 g/mol. The highest BCUT2D eigenvalue weighted by molar-refractivity contribution is 5.24. The number of hydrogen-bond donors (Lipinski definition) is 0. The van der Waals surface area contributed by atoms with Crippen LogP contribution >= 0.6 is 0 Å². The van der Waals surface area contributed by atoms with Crippen molar-refractivity contribution in [2.45, 2.75) is 26.2 Å². The highest BCUT2D eigenvalue weighted by Gasteiger charge is 2.13. The lowest BCUT2D eigenvalue weighted by molar-refractivity contribution is 0.0419. The van der Waals surface area contributed by atoms with Crippen LogP contribution in [0.2, 0.25) is 0 Å². The van der Waals surface area contributed by atoms with Gasteiger partial charge in [-0.2, -0.15) is 0 Å². The summed E-state index contributed by atoms with van der Waals surface area (Å²) in [5.41, 5.74) is 3.19. The molecule has 2 rings (SSSR count). The average Bonchev–Trinajstić information content (AvgIpc) is 2.31. The van der Waals surface area contributed by atoms with Gasteiger partial charge in [-0.15, -0.1) is 0 Å². The molecule has 0 radical (unpaired) electrons. The van der Waals surface area contributed by atoms with Crippen molar-refractivity contribution in [3.63, 3.8) is 0 Å². The van der Waals surface area contributed by atoms with Gasteiger partial charge in [-0.05, 0) is 19.3 Å². The fraction of sp³-hybridized carbons (Fsp3) is 0.692. The second kappa shape index (κ2) is 5.47. The van der Waals surface area contributed by atoms with Crippen LogP contribution in [0, 0.1) is 0 Å². The molecule has 1 heterocycles. The predicted molar refractivity (Wildman–Crippen MR) is 63.0 cm³/mol. The normalized spacial score (nSPS) is 23.5. The van der Waals surface area contributed by atoms with Gasteiger partial charge in [0.2, 0.25) is 0 Å². The third-order valence-corrected chi connectivity index (χ3v) is 3.31. The zero-order valence-electron chi connectivity index (χ0n) is 9.67. The molecule has 1 aliphatic heterocycles. The minimum Gasteiger partial charge on any atom is -0.379 e. The third kappa shape index (κ3) is 3.18. The van der Waals surface area contributed by atoms with Crippen LogP contribution in [-0.4, -0.2) is 37.7 Å². The quantitative estimate of drug-likeness (QED) is 0.704. The Morgan fingerprint density at radius 3 is 2.40 bits per heavy atom. The van der Waals surface area contributed by atoms with Crippen molar-refractivity contribution in [1.82, 2.24) is 4.90 Å². The van der Waals surface area contributed by atoms with Gasteiger partial charge >= 0.3 is 0 Å². The summed E-state index contributed by atoms with van der Waals surface area (Å²) < 4.78 is 5.35. The van der Waals surface area contributed by atoms with Gasteiger partial charge in [0.15, 0.2) is 0 Å². The topological polar surface area (TPSA) is 12.5 Å². The van der Waals surface area contributed by atoms with Gasteiger partial charge in [0.25, 0.3) is 0 Å². The number of allylic oxidation sites excluding steroid dienone is 3. The first kappa shape index (κ1) is 10.9. The van der Waals surface area contributed by atoms with Gasteiger partial charge in [-0.1, -0.05) is 30.2 Å². The summed E-state index contributed by atoms with van der Waals surface area (Å²) in [7, 11) is 0. The molecule has 0 atom stereocenters.